The molecule has 1 N–H and O–H groups in total. The van der Waals surface area contributed by atoms with Gasteiger partial charge >= 0.3 is 5.97 Å². The third-order valence-electron chi connectivity index (χ3n) is 4.33. The van der Waals surface area contributed by atoms with Crippen molar-refractivity contribution >= 4 is 11.9 Å². The Bertz CT molecular complexity index is 617. The molecule has 11 nitrogen and oxygen atoms in total. The van der Waals surface area contributed by atoms with E-state index in [0.29, 0.717) is 0 Å². The van der Waals surface area contributed by atoms with Crippen molar-refractivity contribution in [2.75, 3.05) is 26.7 Å². The van der Waals surface area contributed by atoms with Crippen LogP contribution in [0.3, 0.4) is 0 Å². The van der Waals surface area contributed by atoms with Crippen LogP contribution in [0, 0.1) is 20.2 Å². The monoisotopic (exact) mass is 329 g/mol. The van der Waals surface area contributed by atoms with Gasteiger partial charge in [0.15, 0.2) is 6.54 Å². The number of carboxylic acids is 1. The van der Waals surface area contributed by atoms with E-state index < -0.39 is 45.8 Å². The van der Waals surface area contributed by atoms with Gasteiger partial charge in [-0.05, 0) is 0 Å². The van der Waals surface area contributed by atoms with Gasteiger partial charge in [0.1, 0.15) is 19.5 Å². The number of ether oxygens (including phenoxy) is 1. The number of methoxy groups -OCH3 is 1. The summed E-state index contributed by atoms with van der Waals surface area (Å²) in [6, 6.07) is 0. The van der Waals surface area contributed by atoms with E-state index in [2.05, 4.69) is 4.74 Å². The number of aliphatic carboxylic acids is 1. The minimum absolute atomic E-state index is 0.125. The van der Waals surface area contributed by atoms with Crippen molar-refractivity contribution in [1.82, 2.24) is 0 Å². The molecule has 0 aromatic carbocycles. The van der Waals surface area contributed by atoms with E-state index in [0.717, 1.165) is 13.2 Å². The van der Waals surface area contributed by atoms with Gasteiger partial charge in [-0.3, -0.25) is 20.2 Å². The van der Waals surface area contributed by atoms with Gasteiger partial charge in [-0.15, -0.1) is 0 Å². The lowest BCUT2D eigenvalue weighted by Crippen LogP contribution is -3.19. The lowest BCUT2D eigenvalue weighted by molar-refractivity contribution is -0.938. The van der Waals surface area contributed by atoms with Crippen LogP contribution in [0.15, 0.2) is 11.6 Å². The molecule has 2 aliphatic rings. The summed E-state index contributed by atoms with van der Waals surface area (Å²) in [7, 11) is 1.08. The van der Waals surface area contributed by atoms with E-state index in [1.54, 1.807) is 0 Å². The molecule has 0 saturated carbocycles. The maximum Gasteiger partial charge on any atom is 0.333 e. The standard InChI is InChI=1S/C12H15N3O8/c1-23-10(18)8-2-11(14(19)20)5-12(3-8,15(21)22)7-13(6-11)4-9(16)17/h2H,3-7H2,1H3,(H,16,17)/t11-,12-/m0/s1. The van der Waals surface area contributed by atoms with Crippen LogP contribution in [0.1, 0.15) is 12.8 Å². The Morgan fingerprint density at radius 3 is 2.43 bits per heavy atom. The molecule has 1 aliphatic carbocycles. The number of rotatable bonds is 5. The van der Waals surface area contributed by atoms with Crippen LogP contribution < -0.4 is 10.0 Å². The Morgan fingerprint density at radius 1 is 1.30 bits per heavy atom. The zero-order valence-electron chi connectivity index (χ0n) is 12.3. The average Bonchev–Trinajstić information content (AvgIpc) is 2.44. The molecule has 126 valence electrons. The number of hydrogen-bond acceptors (Lipinski definition) is 8. The Balaban J connectivity index is 2.54. The highest BCUT2D eigenvalue weighted by atomic mass is 16.6. The van der Waals surface area contributed by atoms with Gasteiger partial charge in [-0.2, -0.15) is 0 Å². The maximum absolute atomic E-state index is 11.7. The molecule has 11 heteroatoms. The summed E-state index contributed by atoms with van der Waals surface area (Å²) in [6.07, 6.45) is 0.352. The summed E-state index contributed by atoms with van der Waals surface area (Å²) in [4.78, 5) is 44.5. The summed E-state index contributed by atoms with van der Waals surface area (Å²) in [5.74, 6) is -2.31. The van der Waals surface area contributed by atoms with Crippen LogP contribution in [0.2, 0.25) is 0 Å². The number of carbonyl (C=O) groups excluding carboxylic acids is 2. The fraction of sp³-hybridized carbons (Fsp3) is 0.667. The lowest BCUT2D eigenvalue weighted by atomic mass is 9.69. The molecular weight excluding hydrogens is 314 g/mol. The van der Waals surface area contributed by atoms with E-state index in [1.165, 1.54) is 0 Å². The third-order valence-corrected chi connectivity index (χ3v) is 4.33. The zero-order chi connectivity index (χ0) is 17.4. The number of quaternary nitrogens is 1. The lowest BCUT2D eigenvalue weighted by Gasteiger charge is -2.42. The summed E-state index contributed by atoms with van der Waals surface area (Å²) < 4.78 is 4.53. The minimum atomic E-state index is -1.88. The van der Waals surface area contributed by atoms with E-state index >= 15 is 0 Å². The van der Waals surface area contributed by atoms with Crippen molar-refractivity contribution in [2.24, 2.45) is 0 Å². The molecule has 1 saturated heterocycles. The molecule has 0 amide bonds. The highest BCUT2D eigenvalue weighted by molar-refractivity contribution is 5.89. The van der Waals surface area contributed by atoms with Crippen LogP contribution in [0.25, 0.3) is 0 Å². The topological polar surface area (TPSA) is 157 Å². The maximum atomic E-state index is 11.7. The molecule has 0 aromatic rings. The van der Waals surface area contributed by atoms with Gasteiger partial charge in [0.25, 0.3) is 11.1 Å². The fourth-order valence-electron chi connectivity index (χ4n) is 3.58. The van der Waals surface area contributed by atoms with Crippen LogP contribution in [0.5, 0.6) is 0 Å². The first kappa shape index (κ1) is 16.8. The Kier molecular flexibility index (Phi) is 4.07. The van der Waals surface area contributed by atoms with Gasteiger partial charge < -0.3 is 19.5 Å². The van der Waals surface area contributed by atoms with E-state index in [4.69, 9.17) is 0 Å². The first-order chi connectivity index (χ1) is 10.6. The molecule has 1 heterocycles. The van der Waals surface area contributed by atoms with Gasteiger partial charge in [0, 0.05) is 21.5 Å². The number of nitrogens with one attached hydrogen (secondary N) is 1. The second kappa shape index (κ2) is 5.57. The summed E-state index contributed by atoms with van der Waals surface area (Å²) in [6.45, 7) is -1.09. The van der Waals surface area contributed by atoms with Crippen molar-refractivity contribution in [2.45, 2.75) is 23.9 Å². The number of carbonyl (C=O) groups is 2. The van der Waals surface area contributed by atoms with Gasteiger partial charge in [0.2, 0.25) is 0 Å². The number of nitrogens with zero attached hydrogens (tertiary/aromatic N) is 2. The Morgan fingerprint density at radius 2 is 1.96 bits per heavy atom. The quantitative estimate of drug-likeness (QED) is 0.310. The molecule has 0 spiro atoms. The molecule has 1 fully saturated rings. The SMILES string of the molecule is COC(=O)C1=C[C@@]2([N+](=O)[O-])C[NH+](CC(=O)[O-])C[C@]([N+](=O)[O-])(C1)C2. The van der Waals surface area contributed by atoms with E-state index in [9.17, 15) is 34.9 Å². The minimum Gasteiger partial charge on any atom is -0.544 e. The number of likely N-dealkylation sites (tertiary alicyclic amines) is 1. The predicted octanol–water partition coefficient (Wildman–Crippen LogP) is -3.44. The molecule has 3 atom stereocenters. The molecule has 0 radical (unpaired) electrons. The number of fused-ring (bicyclic) bond motifs is 2. The van der Waals surface area contributed by atoms with Crippen LogP contribution >= 0.6 is 0 Å². The number of hydrogen-bond donors (Lipinski definition) is 1. The van der Waals surface area contributed by atoms with Gasteiger partial charge in [-0.1, -0.05) is 0 Å². The predicted molar refractivity (Wildman–Crippen MR) is 69.4 cm³/mol. The largest absolute Gasteiger partial charge is 0.544 e. The van der Waals surface area contributed by atoms with Crippen molar-refractivity contribution in [3.05, 3.63) is 31.9 Å². The van der Waals surface area contributed by atoms with Crippen molar-refractivity contribution < 1.29 is 34.2 Å². The summed E-state index contributed by atoms with van der Waals surface area (Å²) >= 11 is 0. The number of esters is 1. The molecule has 0 aromatic heterocycles. The molecule has 1 aliphatic heterocycles. The second-order valence-corrected chi connectivity index (χ2v) is 6.01. The van der Waals surface area contributed by atoms with Crippen molar-refractivity contribution in [1.29, 1.82) is 0 Å². The smallest absolute Gasteiger partial charge is 0.333 e. The average molecular weight is 329 g/mol. The molecular formula is C12H15N3O8. The third kappa shape index (κ3) is 2.86. The Hall–Kier alpha value is -2.56. The van der Waals surface area contributed by atoms with Crippen LogP contribution in [0.4, 0.5) is 0 Å². The molecule has 23 heavy (non-hydrogen) atoms. The van der Waals surface area contributed by atoms with Gasteiger partial charge in [-0.25, -0.2) is 4.79 Å². The number of piperidine rings is 1. The zero-order valence-corrected chi connectivity index (χ0v) is 12.3. The first-order valence-corrected chi connectivity index (χ1v) is 6.77. The van der Waals surface area contributed by atoms with Crippen molar-refractivity contribution in [3.63, 3.8) is 0 Å². The van der Waals surface area contributed by atoms with Crippen LogP contribution in [-0.2, 0) is 14.3 Å². The molecule has 2 bridgehead atoms. The van der Waals surface area contributed by atoms with Crippen LogP contribution in [-0.4, -0.2) is 59.6 Å². The second-order valence-electron chi connectivity index (χ2n) is 6.01. The highest BCUT2D eigenvalue weighted by Gasteiger charge is 2.67. The highest BCUT2D eigenvalue weighted by Crippen LogP contribution is 2.39. The number of carboxylic acid groups (broad SMARTS) is 1. The van der Waals surface area contributed by atoms with Crippen molar-refractivity contribution in [3.8, 4) is 0 Å². The van der Waals surface area contributed by atoms with E-state index in [-0.39, 0.29) is 30.0 Å². The molecule has 2 rings (SSSR count). The first-order valence-electron chi connectivity index (χ1n) is 6.77. The Labute approximate surface area is 129 Å². The van der Waals surface area contributed by atoms with Gasteiger partial charge in [0.05, 0.1) is 19.5 Å². The van der Waals surface area contributed by atoms with E-state index in [1.807, 2.05) is 0 Å². The summed E-state index contributed by atoms with van der Waals surface area (Å²) in [5.41, 5.74) is -3.79. The molecule has 1 unspecified atom stereocenters. The summed E-state index contributed by atoms with van der Waals surface area (Å²) in [5, 5.41) is 33.9. The number of nitro groups is 2. The normalized spacial score (nSPS) is 32.6. The fourth-order valence-corrected chi connectivity index (χ4v) is 3.58.